The van der Waals surface area contributed by atoms with Gasteiger partial charge in [0.2, 0.25) is 0 Å². The van der Waals surface area contributed by atoms with E-state index >= 15 is 0 Å². The Hall–Kier alpha value is 0.314. The van der Waals surface area contributed by atoms with Crippen LogP contribution in [0.3, 0.4) is 0 Å². The second-order valence-electron chi connectivity index (χ2n) is 7.58. The van der Waals surface area contributed by atoms with Gasteiger partial charge in [0.1, 0.15) is 8.24 Å². The first-order valence-corrected chi connectivity index (χ1v) is 13.9. The third kappa shape index (κ3) is 7.73. The second-order valence-corrected chi connectivity index (χ2v) is 14.9. The van der Waals surface area contributed by atoms with Crippen molar-refractivity contribution < 1.29 is 8.85 Å². The Labute approximate surface area is 142 Å². The van der Waals surface area contributed by atoms with Gasteiger partial charge in [0, 0.05) is 13.2 Å². The smallest absolute Gasteiger partial charge is 0.321 e. The lowest BCUT2D eigenvalue weighted by Crippen LogP contribution is -2.55. The van der Waals surface area contributed by atoms with Gasteiger partial charge in [-0.3, -0.25) is 0 Å². The largest absolute Gasteiger partial charge is 0.397 e. The summed E-state index contributed by atoms with van der Waals surface area (Å²) in [5.41, 5.74) is 0. The zero-order chi connectivity index (χ0) is 17.2. The van der Waals surface area contributed by atoms with Gasteiger partial charge in [0.25, 0.3) is 0 Å². The van der Waals surface area contributed by atoms with Crippen LogP contribution in [0.25, 0.3) is 0 Å². The molecule has 0 bridgehead atoms. The number of nitrogens with zero attached hydrogens (tertiary/aromatic N) is 1. The molecule has 5 heteroatoms. The first-order chi connectivity index (χ1) is 10.2. The summed E-state index contributed by atoms with van der Waals surface area (Å²) in [7, 11) is -2.72. The zero-order valence-electron chi connectivity index (χ0n) is 16.5. The van der Waals surface area contributed by atoms with Gasteiger partial charge in [-0.2, -0.15) is 0 Å². The van der Waals surface area contributed by atoms with E-state index in [4.69, 9.17) is 8.85 Å². The molecule has 0 aromatic heterocycles. The molecule has 0 heterocycles. The van der Waals surface area contributed by atoms with Crippen LogP contribution in [0.15, 0.2) is 0 Å². The van der Waals surface area contributed by atoms with E-state index < -0.39 is 17.5 Å². The summed E-state index contributed by atoms with van der Waals surface area (Å²) in [4.78, 5) is 0. The summed E-state index contributed by atoms with van der Waals surface area (Å²) in [6.07, 6.45) is 3.86. The summed E-state index contributed by atoms with van der Waals surface area (Å²) in [5, 5.41) is 0.435. The van der Waals surface area contributed by atoms with Crippen LogP contribution in [0.2, 0.25) is 24.2 Å². The normalized spacial score (nSPS) is 13.4. The molecule has 0 aliphatic carbocycles. The molecule has 0 saturated carbocycles. The fourth-order valence-electron chi connectivity index (χ4n) is 2.68. The highest BCUT2D eigenvalue weighted by atomic mass is 28.3. The van der Waals surface area contributed by atoms with Crippen molar-refractivity contribution >= 4 is 17.5 Å². The SMILES string of the molecule is CCO[SiH](CCCCCN(CC)[Si](C)(C)C(C)(C)C)OCC. The number of unbranched alkanes of at least 4 members (excludes halogenated alkanes) is 2. The molecular weight excluding hydrogens is 306 g/mol. The van der Waals surface area contributed by atoms with Gasteiger partial charge in [-0.25, -0.2) is 0 Å². The van der Waals surface area contributed by atoms with Crippen LogP contribution in [0.4, 0.5) is 0 Å². The average molecular weight is 348 g/mol. The summed E-state index contributed by atoms with van der Waals surface area (Å²) in [6.45, 7) is 22.7. The summed E-state index contributed by atoms with van der Waals surface area (Å²) in [5.74, 6) is 0. The van der Waals surface area contributed by atoms with Crippen LogP contribution in [-0.2, 0) is 8.85 Å². The Balaban J connectivity index is 4.12. The van der Waals surface area contributed by atoms with E-state index in [0.717, 1.165) is 19.3 Å². The average Bonchev–Trinajstić information content (AvgIpc) is 2.41. The van der Waals surface area contributed by atoms with E-state index in [-0.39, 0.29) is 0 Å². The molecule has 0 unspecified atom stereocenters. The highest BCUT2D eigenvalue weighted by molar-refractivity contribution is 6.77. The lowest BCUT2D eigenvalue weighted by Gasteiger charge is -2.45. The Morgan fingerprint density at radius 3 is 1.86 bits per heavy atom. The van der Waals surface area contributed by atoms with Crippen molar-refractivity contribution in [3.05, 3.63) is 0 Å². The predicted molar refractivity (Wildman–Crippen MR) is 104 cm³/mol. The highest BCUT2D eigenvalue weighted by Crippen LogP contribution is 2.38. The number of hydrogen-bond acceptors (Lipinski definition) is 3. The van der Waals surface area contributed by atoms with Gasteiger partial charge in [0.05, 0.1) is 0 Å². The monoisotopic (exact) mass is 347 g/mol. The molecule has 0 amide bonds. The number of rotatable bonds is 12. The van der Waals surface area contributed by atoms with Gasteiger partial charge in [-0.15, -0.1) is 0 Å². The molecule has 0 N–H and O–H groups in total. The molecule has 0 aliphatic heterocycles. The molecule has 0 atom stereocenters. The van der Waals surface area contributed by atoms with Gasteiger partial charge in [-0.05, 0) is 44.4 Å². The van der Waals surface area contributed by atoms with E-state index in [2.05, 4.69) is 59.2 Å². The van der Waals surface area contributed by atoms with Crippen molar-refractivity contribution in [1.82, 2.24) is 4.57 Å². The predicted octanol–water partition coefficient (Wildman–Crippen LogP) is 4.78. The molecule has 0 rings (SSSR count). The Bertz CT molecular complexity index is 274. The first-order valence-electron chi connectivity index (χ1n) is 9.18. The topological polar surface area (TPSA) is 21.7 Å². The third-order valence-corrected chi connectivity index (χ3v) is 13.2. The summed E-state index contributed by atoms with van der Waals surface area (Å²) in [6, 6.07) is 1.16. The van der Waals surface area contributed by atoms with Crippen LogP contribution in [0, 0.1) is 0 Å². The van der Waals surface area contributed by atoms with Crippen molar-refractivity contribution in [2.75, 3.05) is 26.3 Å². The molecule has 3 nitrogen and oxygen atoms in total. The fourth-order valence-corrected chi connectivity index (χ4v) is 6.94. The lowest BCUT2D eigenvalue weighted by atomic mass is 10.2. The van der Waals surface area contributed by atoms with Crippen LogP contribution in [-0.4, -0.2) is 48.4 Å². The van der Waals surface area contributed by atoms with Crippen LogP contribution in [0.5, 0.6) is 0 Å². The molecule has 134 valence electrons. The van der Waals surface area contributed by atoms with Crippen molar-refractivity contribution in [3.8, 4) is 0 Å². The quantitative estimate of drug-likeness (QED) is 0.375. The van der Waals surface area contributed by atoms with Crippen LogP contribution in [0.1, 0.15) is 60.8 Å². The Kier molecular flexibility index (Phi) is 11.1. The molecule has 0 fully saturated rings. The van der Waals surface area contributed by atoms with Crippen LogP contribution >= 0.6 is 0 Å². The molecule has 0 spiro atoms. The molecule has 22 heavy (non-hydrogen) atoms. The van der Waals surface area contributed by atoms with E-state index in [1.54, 1.807) is 0 Å². The molecule has 0 radical (unpaired) electrons. The molecular formula is C17H41NO2Si2. The minimum Gasteiger partial charge on any atom is -0.397 e. The van der Waals surface area contributed by atoms with E-state index in [1.165, 1.54) is 32.4 Å². The number of hydrogen-bond donors (Lipinski definition) is 0. The maximum Gasteiger partial charge on any atom is 0.321 e. The van der Waals surface area contributed by atoms with Gasteiger partial charge >= 0.3 is 9.28 Å². The highest BCUT2D eigenvalue weighted by Gasteiger charge is 2.39. The summed E-state index contributed by atoms with van der Waals surface area (Å²) >= 11 is 0. The molecule has 0 aliphatic rings. The maximum absolute atomic E-state index is 5.74. The van der Waals surface area contributed by atoms with Gasteiger partial charge in [-0.1, -0.05) is 53.6 Å². The van der Waals surface area contributed by atoms with Crippen molar-refractivity contribution in [3.63, 3.8) is 0 Å². The van der Waals surface area contributed by atoms with Crippen LogP contribution < -0.4 is 0 Å². The Morgan fingerprint density at radius 1 is 0.909 bits per heavy atom. The van der Waals surface area contributed by atoms with Crippen molar-refractivity contribution in [2.45, 2.75) is 85.0 Å². The first kappa shape index (κ1) is 22.3. The second kappa shape index (κ2) is 11.0. The van der Waals surface area contributed by atoms with Crippen molar-refractivity contribution in [1.29, 1.82) is 0 Å². The van der Waals surface area contributed by atoms with Gasteiger partial charge in [0.15, 0.2) is 0 Å². The third-order valence-electron chi connectivity index (χ3n) is 5.08. The fraction of sp³-hybridized carbons (Fsp3) is 1.00. The van der Waals surface area contributed by atoms with E-state index in [9.17, 15) is 0 Å². The summed E-state index contributed by atoms with van der Waals surface area (Å²) < 4.78 is 14.3. The van der Waals surface area contributed by atoms with E-state index in [0.29, 0.717) is 5.04 Å². The minimum atomic E-state index is -1.37. The Morgan fingerprint density at radius 2 is 1.45 bits per heavy atom. The lowest BCUT2D eigenvalue weighted by molar-refractivity contribution is 0.212. The minimum absolute atomic E-state index is 0.435. The van der Waals surface area contributed by atoms with E-state index in [1.807, 2.05) is 0 Å². The standard InChI is InChI=1S/C17H41NO2Si2/c1-9-18(22(7,8)17(4,5)6)15-13-12-14-16-21(19-10-2)20-11-3/h21H,9-16H2,1-8H3. The molecule has 0 aromatic rings. The molecule has 0 aromatic carbocycles. The maximum atomic E-state index is 5.74. The van der Waals surface area contributed by atoms with Gasteiger partial charge < -0.3 is 13.4 Å². The molecule has 0 saturated heterocycles. The van der Waals surface area contributed by atoms with Crippen molar-refractivity contribution in [2.24, 2.45) is 0 Å². The zero-order valence-corrected chi connectivity index (χ0v) is 18.7.